The van der Waals surface area contributed by atoms with E-state index in [0.29, 0.717) is 31.0 Å². The van der Waals surface area contributed by atoms with Gasteiger partial charge in [0.05, 0.1) is 17.6 Å². The lowest BCUT2D eigenvalue weighted by Gasteiger charge is -2.10. The second-order valence-electron chi connectivity index (χ2n) is 7.68. The summed E-state index contributed by atoms with van der Waals surface area (Å²) in [7, 11) is 1.65. The van der Waals surface area contributed by atoms with E-state index < -0.39 is 0 Å². The fourth-order valence-electron chi connectivity index (χ4n) is 3.51. The number of carbonyl (C=O) groups is 1. The standard InChI is InChI=1S/C26H26FN3O2S/c1-32-16-4-15-28-25(31)21-11-7-19(8-12-21)17-30-24-6-3-2-5-23(24)29-26(30)33-18-20-9-13-22(27)14-10-20/h2-3,5-14H,4,15-18H2,1H3,(H,28,31). The molecule has 0 atom stereocenters. The van der Waals surface area contributed by atoms with Gasteiger partial charge in [-0.1, -0.05) is 48.2 Å². The van der Waals surface area contributed by atoms with Crippen LogP contribution in [-0.2, 0) is 17.0 Å². The first-order valence-corrected chi connectivity index (χ1v) is 11.8. The number of nitrogens with one attached hydrogen (secondary N) is 1. The Balaban J connectivity index is 1.48. The second kappa shape index (κ2) is 11.1. The number of carbonyl (C=O) groups excluding carboxylic acids is 1. The van der Waals surface area contributed by atoms with Crippen molar-refractivity contribution in [2.45, 2.75) is 23.9 Å². The lowest BCUT2D eigenvalue weighted by atomic mass is 10.1. The number of para-hydroxylation sites is 2. The first kappa shape index (κ1) is 23.0. The minimum absolute atomic E-state index is 0.0822. The molecule has 0 fully saturated rings. The van der Waals surface area contributed by atoms with E-state index >= 15 is 0 Å². The third-order valence-corrected chi connectivity index (χ3v) is 6.32. The van der Waals surface area contributed by atoms with Gasteiger partial charge in [0.2, 0.25) is 0 Å². The van der Waals surface area contributed by atoms with Crippen molar-refractivity contribution in [3.63, 3.8) is 0 Å². The Hall–Kier alpha value is -3.16. The summed E-state index contributed by atoms with van der Waals surface area (Å²) in [5.41, 5.74) is 4.75. The Kier molecular flexibility index (Phi) is 7.75. The maximum Gasteiger partial charge on any atom is 0.251 e. The van der Waals surface area contributed by atoms with Crippen molar-refractivity contribution in [3.8, 4) is 0 Å². The van der Waals surface area contributed by atoms with Crippen LogP contribution in [0, 0.1) is 5.82 Å². The molecule has 0 spiro atoms. The van der Waals surface area contributed by atoms with Crippen LogP contribution in [0.1, 0.15) is 27.9 Å². The predicted molar refractivity (Wildman–Crippen MR) is 130 cm³/mol. The summed E-state index contributed by atoms with van der Waals surface area (Å²) in [5, 5.41) is 3.81. The van der Waals surface area contributed by atoms with Gasteiger partial charge in [-0.3, -0.25) is 4.79 Å². The molecule has 170 valence electrons. The van der Waals surface area contributed by atoms with E-state index in [4.69, 9.17) is 9.72 Å². The van der Waals surface area contributed by atoms with E-state index in [9.17, 15) is 9.18 Å². The number of halogens is 1. The molecule has 0 unspecified atom stereocenters. The number of hydrogen-bond donors (Lipinski definition) is 1. The van der Waals surface area contributed by atoms with Gasteiger partial charge in [0, 0.05) is 31.6 Å². The maximum absolute atomic E-state index is 13.2. The first-order valence-electron chi connectivity index (χ1n) is 10.8. The number of hydrogen-bond acceptors (Lipinski definition) is 4. The van der Waals surface area contributed by atoms with Crippen LogP contribution in [-0.4, -0.2) is 35.7 Å². The van der Waals surface area contributed by atoms with Gasteiger partial charge in [0.25, 0.3) is 5.91 Å². The molecule has 0 saturated heterocycles. The number of fused-ring (bicyclic) bond motifs is 1. The van der Waals surface area contributed by atoms with Crippen molar-refractivity contribution < 1.29 is 13.9 Å². The zero-order valence-corrected chi connectivity index (χ0v) is 19.3. The van der Waals surface area contributed by atoms with E-state index in [1.165, 1.54) is 12.1 Å². The molecule has 1 heterocycles. The average molecular weight is 464 g/mol. The Bertz CT molecular complexity index is 1210. The first-order chi connectivity index (χ1) is 16.1. The molecule has 33 heavy (non-hydrogen) atoms. The van der Waals surface area contributed by atoms with E-state index in [0.717, 1.165) is 33.7 Å². The molecule has 1 N–H and O–H groups in total. The smallest absolute Gasteiger partial charge is 0.251 e. The largest absolute Gasteiger partial charge is 0.385 e. The molecule has 1 amide bonds. The summed E-state index contributed by atoms with van der Waals surface area (Å²) in [6, 6.07) is 22.3. The molecule has 3 aromatic carbocycles. The number of methoxy groups -OCH3 is 1. The summed E-state index contributed by atoms with van der Waals surface area (Å²) in [6.45, 7) is 1.85. The van der Waals surface area contributed by atoms with E-state index in [1.54, 1.807) is 31.0 Å². The number of imidazole rings is 1. The molecule has 0 bridgehead atoms. The van der Waals surface area contributed by atoms with Crippen molar-refractivity contribution in [1.82, 2.24) is 14.9 Å². The van der Waals surface area contributed by atoms with Crippen molar-refractivity contribution in [2.24, 2.45) is 0 Å². The molecule has 1 aromatic heterocycles. The Morgan fingerprint density at radius 3 is 2.52 bits per heavy atom. The van der Waals surface area contributed by atoms with Crippen LogP contribution in [0.3, 0.4) is 0 Å². The van der Waals surface area contributed by atoms with E-state index in [1.807, 2.05) is 42.5 Å². The topological polar surface area (TPSA) is 56.1 Å². The van der Waals surface area contributed by atoms with Crippen LogP contribution in [0.15, 0.2) is 78.0 Å². The minimum atomic E-state index is -0.233. The number of ether oxygens (including phenoxy) is 1. The summed E-state index contributed by atoms with van der Waals surface area (Å²) >= 11 is 1.63. The third-order valence-electron chi connectivity index (χ3n) is 5.27. The Morgan fingerprint density at radius 2 is 1.76 bits per heavy atom. The van der Waals surface area contributed by atoms with Crippen LogP contribution >= 0.6 is 11.8 Å². The highest BCUT2D eigenvalue weighted by molar-refractivity contribution is 7.98. The van der Waals surface area contributed by atoms with Crippen molar-refractivity contribution in [1.29, 1.82) is 0 Å². The highest BCUT2D eigenvalue weighted by Crippen LogP contribution is 2.28. The lowest BCUT2D eigenvalue weighted by Crippen LogP contribution is -2.25. The highest BCUT2D eigenvalue weighted by atomic mass is 32.2. The normalized spacial score (nSPS) is 11.1. The van der Waals surface area contributed by atoms with Gasteiger partial charge >= 0.3 is 0 Å². The van der Waals surface area contributed by atoms with Gasteiger partial charge in [-0.15, -0.1) is 0 Å². The molecule has 0 aliphatic heterocycles. The zero-order chi connectivity index (χ0) is 23.0. The van der Waals surface area contributed by atoms with Crippen LogP contribution in [0.5, 0.6) is 0 Å². The molecule has 0 aliphatic carbocycles. The van der Waals surface area contributed by atoms with Crippen molar-refractivity contribution >= 4 is 28.7 Å². The van der Waals surface area contributed by atoms with Crippen molar-refractivity contribution in [2.75, 3.05) is 20.3 Å². The average Bonchev–Trinajstić information content (AvgIpc) is 3.19. The van der Waals surface area contributed by atoms with Crippen LogP contribution in [0.2, 0.25) is 0 Å². The Morgan fingerprint density at radius 1 is 1.03 bits per heavy atom. The summed E-state index contributed by atoms with van der Waals surface area (Å²) < 4.78 is 20.4. The second-order valence-corrected chi connectivity index (χ2v) is 8.63. The van der Waals surface area contributed by atoms with Gasteiger partial charge in [0.15, 0.2) is 5.16 Å². The molecule has 0 saturated carbocycles. The van der Waals surface area contributed by atoms with Crippen molar-refractivity contribution in [3.05, 3.63) is 95.3 Å². The molecular formula is C26H26FN3O2S. The zero-order valence-electron chi connectivity index (χ0n) is 18.5. The molecule has 7 heteroatoms. The third kappa shape index (κ3) is 6.00. The molecule has 4 aromatic rings. The molecule has 0 aliphatic rings. The Labute approximate surface area is 197 Å². The molecule has 0 radical (unpaired) electrons. The number of nitrogens with zero attached hydrogens (tertiary/aromatic N) is 2. The fourth-order valence-corrected chi connectivity index (χ4v) is 4.48. The van der Waals surface area contributed by atoms with Gasteiger partial charge in [0.1, 0.15) is 5.82 Å². The van der Waals surface area contributed by atoms with E-state index in [2.05, 4.69) is 16.0 Å². The highest BCUT2D eigenvalue weighted by Gasteiger charge is 2.13. The summed E-state index contributed by atoms with van der Waals surface area (Å²) in [4.78, 5) is 17.1. The number of benzene rings is 3. The molecule has 4 rings (SSSR count). The predicted octanol–water partition coefficient (Wildman–Crippen LogP) is 5.28. The van der Waals surface area contributed by atoms with Gasteiger partial charge in [-0.05, 0) is 53.9 Å². The molecule has 5 nitrogen and oxygen atoms in total. The number of aromatic nitrogens is 2. The van der Waals surface area contributed by atoms with Gasteiger partial charge in [-0.25, -0.2) is 9.37 Å². The minimum Gasteiger partial charge on any atom is -0.385 e. The fraction of sp³-hybridized carbons (Fsp3) is 0.231. The molecular weight excluding hydrogens is 437 g/mol. The van der Waals surface area contributed by atoms with Gasteiger partial charge < -0.3 is 14.6 Å². The van der Waals surface area contributed by atoms with Crippen LogP contribution in [0.4, 0.5) is 4.39 Å². The quantitative estimate of drug-likeness (QED) is 0.257. The summed E-state index contributed by atoms with van der Waals surface area (Å²) in [6.07, 6.45) is 0.784. The SMILES string of the molecule is COCCCNC(=O)c1ccc(Cn2c(SCc3ccc(F)cc3)nc3ccccc32)cc1. The number of rotatable bonds is 10. The van der Waals surface area contributed by atoms with Crippen LogP contribution < -0.4 is 5.32 Å². The number of amides is 1. The maximum atomic E-state index is 13.2. The number of thioether (sulfide) groups is 1. The lowest BCUT2D eigenvalue weighted by molar-refractivity contribution is 0.0948. The van der Waals surface area contributed by atoms with E-state index in [-0.39, 0.29) is 11.7 Å². The summed E-state index contributed by atoms with van der Waals surface area (Å²) in [5.74, 6) is 0.385. The monoisotopic (exact) mass is 463 g/mol. The van der Waals surface area contributed by atoms with Crippen LogP contribution in [0.25, 0.3) is 11.0 Å². The van der Waals surface area contributed by atoms with Gasteiger partial charge in [-0.2, -0.15) is 0 Å².